The minimum absolute atomic E-state index is 0.0279. The topological polar surface area (TPSA) is 50.1 Å². The number of hydrogen-bond acceptors (Lipinski definition) is 3. The number of nitriles is 1. The molecule has 3 nitrogen and oxygen atoms in total. The molecule has 1 aromatic rings. The molecule has 0 aromatic heterocycles. The van der Waals surface area contributed by atoms with E-state index in [1.165, 1.54) is 5.56 Å². The summed E-state index contributed by atoms with van der Waals surface area (Å²) < 4.78 is 4.79. The molecule has 1 aromatic carbocycles. The maximum atomic E-state index is 11.4. The van der Waals surface area contributed by atoms with Crippen molar-refractivity contribution in [2.45, 2.75) is 20.3 Å². The van der Waals surface area contributed by atoms with E-state index in [0.717, 1.165) is 12.0 Å². The predicted octanol–water partition coefficient (Wildman–Crippen LogP) is 2.72. The zero-order chi connectivity index (χ0) is 12.7. The minimum atomic E-state index is -0.572. The van der Waals surface area contributed by atoms with Gasteiger partial charge in [0.1, 0.15) is 11.6 Å². The van der Waals surface area contributed by atoms with Crippen molar-refractivity contribution in [3.8, 4) is 6.07 Å². The van der Waals surface area contributed by atoms with E-state index in [1.807, 2.05) is 30.3 Å². The molecule has 0 amide bonds. The van der Waals surface area contributed by atoms with E-state index in [4.69, 9.17) is 10.00 Å². The van der Waals surface area contributed by atoms with Crippen molar-refractivity contribution in [3.63, 3.8) is 0 Å². The maximum Gasteiger partial charge on any atom is 0.348 e. The van der Waals surface area contributed by atoms with Crippen LogP contribution in [0.15, 0.2) is 29.8 Å². The summed E-state index contributed by atoms with van der Waals surface area (Å²) in [5.74, 6) is -0.572. The van der Waals surface area contributed by atoms with E-state index in [9.17, 15) is 4.79 Å². The molecule has 1 rings (SSSR count). The third-order valence-electron chi connectivity index (χ3n) is 2.29. The lowest BCUT2D eigenvalue weighted by atomic mass is 10.1. The largest absolute Gasteiger partial charge is 0.462 e. The molecule has 0 N–H and O–H groups in total. The van der Waals surface area contributed by atoms with Gasteiger partial charge in [-0.05, 0) is 30.5 Å². The maximum absolute atomic E-state index is 11.4. The number of nitrogens with zero attached hydrogens (tertiary/aromatic N) is 1. The van der Waals surface area contributed by atoms with Gasteiger partial charge >= 0.3 is 5.97 Å². The van der Waals surface area contributed by atoms with Crippen molar-refractivity contribution in [2.75, 3.05) is 6.61 Å². The number of hydrogen-bond donors (Lipinski definition) is 0. The molecule has 0 fully saturated rings. The first-order valence-corrected chi connectivity index (χ1v) is 5.59. The highest BCUT2D eigenvalue weighted by Gasteiger charge is 2.09. The van der Waals surface area contributed by atoms with Gasteiger partial charge in [-0.3, -0.25) is 0 Å². The number of benzene rings is 1. The Morgan fingerprint density at radius 1 is 1.47 bits per heavy atom. The van der Waals surface area contributed by atoms with Gasteiger partial charge in [-0.2, -0.15) is 5.26 Å². The standard InChI is InChI=1S/C14H15NO2/c1-3-11-6-5-7-12(8-11)9-13(10-15)14(16)17-4-2/h5-9H,3-4H2,1-2H3/b13-9+. The molecule has 0 saturated heterocycles. The van der Waals surface area contributed by atoms with Crippen molar-refractivity contribution in [3.05, 3.63) is 41.0 Å². The summed E-state index contributed by atoms with van der Waals surface area (Å²) in [6.45, 7) is 4.04. The van der Waals surface area contributed by atoms with Crippen LogP contribution >= 0.6 is 0 Å². The van der Waals surface area contributed by atoms with Crippen LogP contribution in [0, 0.1) is 11.3 Å². The highest BCUT2D eigenvalue weighted by molar-refractivity contribution is 5.97. The highest BCUT2D eigenvalue weighted by atomic mass is 16.5. The zero-order valence-electron chi connectivity index (χ0n) is 10.1. The quantitative estimate of drug-likeness (QED) is 0.453. The smallest absolute Gasteiger partial charge is 0.348 e. The minimum Gasteiger partial charge on any atom is -0.462 e. The molecule has 0 aliphatic carbocycles. The summed E-state index contributed by atoms with van der Waals surface area (Å²) in [4.78, 5) is 11.4. The second kappa shape index (κ2) is 6.49. The van der Waals surface area contributed by atoms with Gasteiger partial charge < -0.3 is 4.74 Å². The Labute approximate surface area is 101 Å². The predicted molar refractivity (Wildman–Crippen MR) is 66.0 cm³/mol. The van der Waals surface area contributed by atoms with Crippen LogP contribution in [-0.2, 0) is 16.0 Å². The van der Waals surface area contributed by atoms with Gasteiger partial charge in [0.15, 0.2) is 0 Å². The molecule has 0 atom stereocenters. The normalized spacial score (nSPS) is 10.8. The molecule has 0 aliphatic rings. The van der Waals surface area contributed by atoms with E-state index in [0.29, 0.717) is 0 Å². The highest BCUT2D eigenvalue weighted by Crippen LogP contribution is 2.11. The fraction of sp³-hybridized carbons (Fsp3) is 0.286. The molecule has 0 unspecified atom stereocenters. The molecule has 0 aliphatic heterocycles. The van der Waals surface area contributed by atoms with Crippen molar-refractivity contribution in [1.29, 1.82) is 5.26 Å². The summed E-state index contributed by atoms with van der Waals surface area (Å²) in [5, 5.41) is 8.89. The van der Waals surface area contributed by atoms with E-state index in [2.05, 4.69) is 6.92 Å². The Morgan fingerprint density at radius 3 is 2.82 bits per heavy atom. The Hall–Kier alpha value is -2.08. The first-order valence-electron chi connectivity index (χ1n) is 5.59. The van der Waals surface area contributed by atoms with Gasteiger partial charge in [-0.15, -0.1) is 0 Å². The Balaban J connectivity index is 2.98. The first kappa shape index (κ1) is 13.0. The summed E-state index contributed by atoms with van der Waals surface area (Å²) in [6.07, 6.45) is 2.47. The van der Waals surface area contributed by atoms with Gasteiger partial charge in [0, 0.05) is 0 Å². The molecule has 0 spiro atoms. The van der Waals surface area contributed by atoms with Gasteiger partial charge in [0.05, 0.1) is 6.61 Å². The fourth-order valence-electron chi connectivity index (χ4n) is 1.42. The van der Waals surface area contributed by atoms with Crippen molar-refractivity contribution < 1.29 is 9.53 Å². The van der Waals surface area contributed by atoms with E-state index in [1.54, 1.807) is 13.0 Å². The summed E-state index contributed by atoms with van der Waals surface area (Å²) in [7, 11) is 0. The monoisotopic (exact) mass is 229 g/mol. The van der Waals surface area contributed by atoms with Crippen molar-refractivity contribution >= 4 is 12.0 Å². The van der Waals surface area contributed by atoms with Gasteiger partial charge in [0.25, 0.3) is 0 Å². The third-order valence-corrected chi connectivity index (χ3v) is 2.29. The second-order valence-electron chi connectivity index (χ2n) is 3.49. The SMILES string of the molecule is CCOC(=O)/C(C#N)=C/c1cccc(CC)c1. The molecule has 0 radical (unpaired) electrons. The molecule has 0 saturated carbocycles. The van der Waals surface area contributed by atoms with Crippen LogP contribution in [0.1, 0.15) is 25.0 Å². The van der Waals surface area contributed by atoms with E-state index < -0.39 is 5.97 Å². The lowest BCUT2D eigenvalue weighted by Gasteiger charge is -2.01. The zero-order valence-corrected chi connectivity index (χ0v) is 10.1. The number of ether oxygens (including phenoxy) is 1. The summed E-state index contributed by atoms with van der Waals surface area (Å²) in [6, 6.07) is 9.59. The average molecular weight is 229 g/mol. The number of carbonyl (C=O) groups is 1. The number of esters is 1. The van der Waals surface area contributed by atoms with Crippen LogP contribution in [0.4, 0.5) is 0 Å². The van der Waals surface area contributed by atoms with Gasteiger partial charge in [-0.1, -0.05) is 31.2 Å². The van der Waals surface area contributed by atoms with Crippen LogP contribution < -0.4 is 0 Å². The van der Waals surface area contributed by atoms with Crippen molar-refractivity contribution in [2.24, 2.45) is 0 Å². The molecular formula is C14H15NO2. The fourth-order valence-corrected chi connectivity index (χ4v) is 1.42. The van der Waals surface area contributed by atoms with Crippen LogP contribution in [0.5, 0.6) is 0 Å². The van der Waals surface area contributed by atoms with Crippen LogP contribution in [0.2, 0.25) is 0 Å². The summed E-state index contributed by atoms with van der Waals surface area (Å²) in [5.41, 5.74) is 2.04. The number of carbonyl (C=O) groups excluding carboxylic acids is 1. The van der Waals surface area contributed by atoms with Crippen LogP contribution in [0.3, 0.4) is 0 Å². The molecule has 0 heterocycles. The van der Waals surface area contributed by atoms with Gasteiger partial charge in [-0.25, -0.2) is 4.79 Å². The molecule has 88 valence electrons. The summed E-state index contributed by atoms with van der Waals surface area (Å²) >= 11 is 0. The molecule has 17 heavy (non-hydrogen) atoms. The Kier molecular flexibility index (Phi) is 4.96. The first-order chi connectivity index (χ1) is 8.21. The lowest BCUT2D eigenvalue weighted by molar-refractivity contribution is -0.137. The van der Waals surface area contributed by atoms with Crippen molar-refractivity contribution in [1.82, 2.24) is 0 Å². The van der Waals surface area contributed by atoms with E-state index >= 15 is 0 Å². The average Bonchev–Trinajstić information content (AvgIpc) is 2.36. The van der Waals surface area contributed by atoms with Gasteiger partial charge in [0.2, 0.25) is 0 Å². The number of aryl methyl sites for hydroxylation is 1. The number of rotatable bonds is 4. The lowest BCUT2D eigenvalue weighted by Crippen LogP contribution is -2.05. The third kappa shape index (κ3) is 3.76. The Morgan fingerprint density at radius 2 is 2.24 bits per heavy atom. The molecular weight excluding hydrogens is 214 g/mol. The molecule has 3 heteroatoms. The van der Waals surface area contributed by atoms with Crippen LogP contribution in [0.25, 0.3) is 6.08 Å². The van der Waals surface area contributed by atoms with E-state index in [-0.39, 0.29) is 12.2 Å². The Bertz CT molecular complexity index is 469. The second-order valence-corrected chi connectivity index (χ2v) is 3.49. The van der Waals surface area contributed by atoms with Crippen LogP contribution in [-0.4, -0.2) is 12.6 Å². The molecule has 0 bridgehead atoms.